The molecule has 34 heavy (non-hydrogen) atoms. The van der Waals surface area contributed by atoms with Gasteiger partial charge in [-0.15, -0.1) is 0 Å². The van der Waals surface area contributed by atoms with Gasteiger partial charge in [-0.2, -0.15) is 5.10 Å². The molecule has 0 radical (unpaired) electrons. The highest BCUT2D eigenvalue weighted by molar-refractivity contribution is 7.80. The number of nitrogens with zero attached hydrogens (tertiary/aromatic N) is 2. The van der Waals surface area contributed by atoms with E-state index in [1.807, 2.05) is 67.1 Å². The topological polar surface area (TPSA) is 51.1 Å². The van der Waals surface area contributed by atoms with E-state index in [1.165, 1.54) is 5.56 Å². The first-order valence-electron chi connectivity index (χ1n) is 11.4. The molecule has 0 aliphatic heterocycles. The Bertz CT molecular complexity index is 1260. The fraction of sp³-hybridized carbons (Fsp3) is 0.214. The van der Waals surface area contributed by atoms with Gasteiger partial charge in [0.25, 0.3) is 0 Å². The Balaban J connectivity index is 1.43. The summed E-state index contributed by atoms with van der Waals surface area (Å²) in [6.45, 7) is 9.04. The summed E-state index contributed by atoms with van der Waals surface area (Å²) in [5, 5.41) is 11.9. The second-order valence-electron chi connectivity index (χ2n) is 8.62. The summed E-state index contributed by atoms with van der Waals surface area (Å²) in [5.74, 6) is 2.12. The van der Waals surface area contributed by atoms with Crippen molar-refractivity contribution in [2.75, 3.05) is 10.6 Å². The van der Waals surface area contributed by atoms with Crippen molar-refractivity contribution in [2.45, 2.75) is 40.2 Å². The minimum atomic E-state index is 0.501. The molecule has 1 aromatic heterocycles. The molecule has 0 aliphatic rings. The van der Waals surface area contributed by atoms with Crippen LogP contribution in [-0.4, -0.2) is 14.9 Å². The van der Waals surface area contributed by atoms with E-state index in [-0.39, 0.29) is 0 Å². The molecule has 6 heteroatoms. The summed E-state index contributed by atoms with van der Waals surface area (Å²) in [6, 6.07) is 26.2. The van der Waals surface area contributed by atoms with Crippen LogP contribution in [0.1, 0.15) is 42.3 Å². The highest BCUT2D eigenvalue weighted by Crippen LogP contribution is 2.25. The van der Waals surface area contributed by atoms with Crippen molar-refractivity contribution in [1.82, 2.24) is 9.78 Å². The monoisotopic (exact) mass is 470 g/mol. The van der Waals surface area contributed by atoms with E-state index in [0.717, 1.165) is 39.8 Å². The standard InChI is InChI=1S/C28H30N4OS/c1-19(2)23-13-15-24(16-14-23)29-28(34)30-27-20(3)31-32(21(27)4)18-22-9-8-12-26(17-22)33-25-10-6-5-7-11-25/h5-17,19H,18H2,1-4H3,(H2,29,30,34). The molecule has 5 nitrogen and oxygen atoms in total. The molecule has 0 aliphatic carbocycles. The summed E-state index contributed by atoms with van der Waals surface area (Å²) in [4.78, 5) is 0. The minimum absolute atomic E-state index is 0.501. The molecule has 4 aromatic rings. The maximum absolute atomic E-state index is 5.98. The van der Waals surface area contributed by atoms with Gasteiger partial charge in [0.1, 0.15) is 11.5 Å². The number of nitrogens with one attached hydrogen (secondary N) is 2. The van der Waals surface area contributed by atoms with Crippen LogP contribution in [-0.2, 0) is 6.54 Å². The highest BCUT2D eigenvalue weighted by atomic mass is 32.1. The van der Waals surface area contributed by atoms with Crippen molar-refractivity contribution < 1.29 is 4.74 Å². The Kier molecular flexibility index (Phi) is 7.28. The summed E-state index contributed by atoms with van der Waals surface area (Å²) in [5.41, 5.74) is 6.21. The van der Waals surface area contributed by atoms with Crippen molar-refractivity contribution in [3.8, 4) is 11.5 Å². The lowest BCUT2D eigenvalue weighted by atomic mass is 10.0. The van der Waals surface area contributed by atoms with E-state index in [1.54, 1.807) is 0 Å². The molecule has 0 atom stereocenters. The van der Waals surface area contributed by atoms with E-state index < -0.39 is 0 Å². The number of hydrogen-bond donors (Lipinski definition) is 2. The number of benzene rings is 3. The van der Waals surface area contributed by atoms with Gasteiger partial charge in [-0.3, -0.25) is 4.68 Å². The molecule has 0 bridgehead atoms. The van der Waals surface area contributed by atoms with Crippen LogP contribution in [0.4, 0.5) is 11.4 Å². The third-order valence-corrected chi connectivity index (χ3v) is 5.87. The Morgan fingerprint density at radius 2 is 1.62 bits per heavy atom. The molecule has 0 spiro atoms. The van der Waals surface area contributed by atoms with Crippen molar-refractivity contribution in [2.24, 2.45) is 0 Å². The highest BCUT2D eigenvalue weighted by Gasteiger charge is 2.14. The van der Waals surface area contributed by atoms with Crippen LogP contribution in [0.3, 0.4) is 0 Å². The van der Waals surface area contributed by atoms with E-state index >= 15 is 0 Å². The molecule has 3 aromatic carbocycles. The molecular weight excluding hydrogens is 440 g/mol. The van der Waals surface area contributed by atoms with Crippen LogP contribution < -0.4 is 15.4 Å². The first-order chi connectivity index (χ1) is 16.4. The zero-order chi connectivity index (χ0) is 24.1. The van der Waals surface area contributed by atoms with Gasteiger partial charge < -0.3 is 15.4 Å². The molecule has 0 unspecified atom stereocenters. The molecule has 0 amide bonds. The quantitative estimate of drug-likeness (QED) is 0.278. The Morgan fingerprint density at radius 1 is 0.912 bits per heavy atom. The fourth-order valence-corrected chi connectivity index (χ4v) is 3.98. The average molecular weight is 471 g/mol. The van der Waals surface area contributed by atoms with Gasteiger partial charge in [-0.05, 0) is 79.5 Å². The predicted molar refractivity (Wildman–Crippen MR) is 144 cm³/mol. The van der Waals surface area contributed by atoms with Gasteiger partial charge in [0.15, 0.2) is 5.11 Å². The van der Waals surface area contributed by atoms with Gasteiger partial charge in [0.05, 0.1) is 23.6 Å². The first kappa shape index (κ1) is 23.5. The SMILES string of the molecule is Cc1nn(Cc2cccc(Oc3ccccc3)c2)c(C)c1NC(=S)Nc1ccc(C(C)C)cc1. The lowest BCUT2D eigenvalue weighted by molar-refractivity contribution is 0.481. The molecule has 174 valence electrons. The average Bonchev–Trinajstić information content (AvgIpc) is 3.07. The summed E-state index contributed by atoms with van der Waals surface area (Å²) < 4.78 is 7.96. The zero-order valence-corrected chi connectivity index (χ0v) is 20.8. The fourth-order valence-electron chi connectivity index (χ4n) is 3.76. The largest absolute Gasteiger partial charge is 0.457 e. The summed E-state index contributed by atoms with van der Waals surface area (Å²) in [7, 11) is 0. The van der Waals surface area contributed by atoms with Crippen molar-refractivity contribution >= 4 is 28.7 Å². The van der Waals surface area contributed by atoms with E-state index in [0.29, 0.717) is 17.6 Å². The third-order valence-electron chi connectivity index (χ3n) is 5.66. The van der Waals surface area contributed by atoms with Gasteiger partial charge in [0.2, 0.25) is 0 Å². The number of aromatic nitrogens is 2. The van der Waals surface area contributed by atoms with Crippen molar-refractivity contribution in [3.05, 3.63) is 101 Å². The Hall–Kier alpha value is -3.64. The van der Waals surface area contributed by atoms with E-state index in [9.17, 15) is 0 Å². The number of hydrogen-bond acceptors (Lipinski definition) is 3. The van der Waals surface area contributed by atoms with Crippen LogP contribution in [0.15, 0.2) is 78.9 Å². The number of anilines is 2. The first-order valence-corrected chi connectivity index (χ1v) is 11.8. The molecule has 1 heterocycles. The van der Waals surface area contributed by atoms with Crippen LogP contribution in [0.2, 0.25) is 0 Å². The molecule has 0 saturated carbocycles. The van der Waals surface area contributed by atoms with Gasteiger partial charge in [0, 0.05) is 5.69 Å². The van der Waals surface area contributed by atoms with Crippen LogP contribution >= 0.6 is 12.2 Å². The number of ether oxygens (including phenoxy) is 1. The zero-order valence-electron chi connectivity index (χ0n) is 20.0. The number of rotatable bonds is 7. The van der Waals surface area contributed by atoms with Gasteiger partial charge >= 0.3 is 0 Å². The maximum atomic E-state index is 5.98. The van der Waals surface area contributed by atoms with Crippen LogP contribution in [0.5, 0.6) is 11.5 Å². The second kappa shape index (κ2) is 10.5. The third kappa shape index (κ3) is 5.83. The number of aryl methyl sites for hydroxylation is 1. The van der Waals surface area contributed by atoms with Gasteiger partial charge in [-0.25, -0.2) is 0 Å². The molecule has 2 N–H and O–H groups in total. The minimum Gasteiger partial charge on any atom is -0.457 e. The summed E-state index contributed by atoms with van der Waals surface area (Å²) in [6.07, 6.45) is 0. The maximum Gasteiger partial charge on any atom is 0.175 e. The molecular formula is C28H30N4OS. The second-order valence-corrected chi connectivity index (χ2v) is 9.03. The Morgan fingerprint density at radius 3 is 2.32 bits per heavy atom. The van der Waals surface area contributed by atoms with E-state index in [4.69, 9.17) is 22.1 Å². The molecule has 0 fully saturated rings. The smallest absolute Gasteiger partial charge is 0.175 e. The van der Waals surface area contributed by atoms with Crippen molar-refractivity contribution in [3.63, 3.8) is 0 Å². The summed E-state index contributed by atoms with van der Waals surface area (Å²) >= 11 is 5.56. The van der Waals surface area contributed by atoms with Crippen molar-refractivity contribution in [1.29, 1.82) is 0 Å². The lowest BCUT2D eigenvalue weighted by Gasteiger charge is -2.13. The number of para-hydroxylation sites is 1. The van der Waals surface area contributed by atoms with E-state index in [2.05, 4.69) is 54.8 Å². The molecule has 0 saturated heterocycles. The number of thiocarbonyl (C=S) groups is 1. The normalized spacial score (nSPS) is 10.9. The predicted octanol–water partition coefficient (Wildman–Crippen LogP) is 7.27. The Labute approximate surface area is 206 Å². The van der Waals surface area contributed by atoms with Gasteiger partial charge in [-0.1, -0.05) is 56.3 Å². The lowest BCUT2D eigenvalue weighted by Crippen LogP contribution is -2.20. The van der Waals surface area contributed by atoms with Crippen LogP contribution in [0, 0.1) is 13.8 Å². The molecule has 4 rings (SSSR count). The van der Waals surface area contributed by atoms with Crippen LogP contribution in [0.25, 0.3) is 0 Å².